The Bertz CT molecular complexity index is 403. The van der Waals surface area contributed by atoms with Crippen LogP contribution in [0.1, 0.15) is 40.0 Å². The van der Waals surface area contributed by atoms with E-state index >= 15 is 0 Å². The van der Waals surface area contributed by atoms with Gasteiger partial charge in [-0.1, -0.05) is 26.8 Å². The summed E-state index contributed by atoms with van der Waals surface area (Å²) in [5.41, 5.74) is 0.721. The molecule has 1 fully saturated rings. The van der Waals surface area contributed by atoms with Crippen LogP contribution in [0, 0.1) is 23.2 Å². The summed E-state index contributed by atoms with van der Waals surface area (Å²) in [6.07, 6.45) is 2.75. The molecule has 3 N–H and O–H groups in total. The number of aliphatic hydroxyl groups is 2. The van der Waals surface area contributed by atoms with Gasteiger partial charge in [0.15, 0.2) is 0 Å². The Kier molecular flexibility index (Phi) is 3.76. The number of aliphatic carboxylic acids is 1. The number of allylic oxidation sites excluding steroid dienone is 1. The van der Waals surface area contributed by atoms with Crippen LogP contribution in [0.5, 0.6) is 0 Å². The van der Waals surface area contributed by atoms with Crippen molar-refractivity contribution in [3.8, 4) is 0 Å². The summed E-state index contributed by atoms with van der Waals surface area (Å²) in [4.78, 5) is 11.2. The third-order valence-corrected chi connectivity index (χ3v) is 5.48. The van der Waals surface area contributed by atoms with Crippen molar-refractivity contribution in [3.63, 3.8) is 0 Å². The van der Waals surface area contributed by atoms with Gasteiger partial charge in [-0.05, 0) is 36.2 Å². The first-order valence-electron chi connectivity index (χ1n) is 7.08. The first-order valence-corrected chi connectivity index (χ1v) is 7.08. The largest absolute Gasteiger partial charge is 0.481 e. The number of rotatable bonds is 2. The maximum atomic E-state index is 11.2. The van der Waals surface area contributed by atoms with Crippen molar-refractivity contribution in [3.05, 3.63) is 11.6 Å². The van der Waals surface area contributed by atoms with Crippen LogP contribution in [0.4, 0.5) is 0 Å². The molecule has 2 rings (SSSR count). The van der Waals surface area contributed by atoms with Gasteiger partial charge in [-0.3, -0.25) is 4.79 Å². The number of carbonyl (C=O) groups is 1. The number of carboxylic acids is 1. The molecule has 0 heterocycles. The van der Waals surface area contributed by atoms with Crippen molar-refractivity contribution in [1.29, 1.82) is 0 Å². The molecule has 2 aliphatic carbocycles. The highest BCUT2D eigenvalue weighted by atomic mass is 16.4. The second kappa shape index (κ2) is 4.91. The number of hydrogen-bond acceptors (Lipinski definition) is 3. The molecule has 0 aliphatic heterocycles. The highest BCUT2D eigenvalue weighted by molar-refractivity contribution is 5.70. The molecule has 0 aromatic heterocycles. The maximum Gasteiger partial charge on any atom is 0.306 e. The summed E-state index contributed by atoms with van der Waals surface area (Å²) in [5, 5.41) is 29.8. The molecular formula is C15H24O4. The number of hydrogen-bond donors (Lipinski definition) is 3. The maximum absolute atomic E-state index is 11.2. The quantitative estimate of drug-likeness (QED) is 0.667. The van der Waals surface area contributed by atoms with E-state index in [1.165, 1.54) is 0 Å². The van der Waals surface area contributed by atoms with Crippen molar-refractivity contribution in [2.75, 3.05) is 0 Å². The standard InChI is InChI=1S/C15H24O4/c1-8-5-4-6-11-13(17)12(16)10(7-15(8,11)3)9(2)14(18)19/h6,8-10,12-13,16-17H,4-5,7H2,1-3H3,(H,18,19). The third-order valence-electron chi connectivity index (χ3n) is 5.48. The van der Waals surface area contributed by atoms with E-state index in [4.69, 9.17) is 0 Å². The van der Waals surface area contributed by atoms with Gasteiger partial charge in [-0.15, -0.1) is 0 Å². The monoisotopic (exact) mass is 268 g/mol. The second-order valence-corrected chi connectivity index (χ2v) is 6.49. The van der Waals surface area contributed by atoms with E-state index in [1.54, 1.807) is 6.92 Å². The minimum absolute atomic E-state index is 0.189. The Morgan fingerprint density at radius 3 is 2.68 bits per heavy atom. The predicted octanol–water partition coefficient (Wildman–Crippen LogP) is 1.81. The number of aliphatic hydroxyl groups excluding tert-OH is 2. The summed E-state index contributed by atoms with van der Waals surface area (Å²) in [6, 6.07) is 0. The zero-order valence-corrected chi connectivity index (χ0v) is 11.8. The van der Waals surface area contributed by atoms with Gasteiger partial charge in [0.1, 0.15) is 6.10 Å². The van der Waals surface area contributed by atoms with Crippen LogP contribution >= 0.6 is 0 Å². The highest BCUT2D eigenvalue weighted by Crippen LogP contribution is 2.53. The van der Waals surface area contributed by atoms with Gasteiger partial charge < -0.3 is 15.3 Å². The van der Waals surface area contributed by atoms with Crippen molar-refractivity contribution < 1.29 is 20.1 Å². The van der Waals surface area contributed by atoms with Crippen LogP contribution < -0.4 is 0 Å². The first-order chi connectivity index (χ1) is 8.79. The van der Waals surface area contributed by atoms with Crippen molar-refractivity contribution >= 4 is 5.97 Å². The Morgan fingerprint density at radius 2 is 2.11 bits per heavy atom. The van der Waals surface area contributed by atoms with Crippen LogP contribution in [0.25, 0.3) is 0 Å². The molecule has 0 saturated heterocycles. The lowest BCUT2D eigenvalue weighted by Crippen LogP contribution is -2.53. The molecule has 6 unspecified atom stereocenters. The number of fused-ring (bicyclic) bond motifs is 1. The fourth-order valence-electron chi connectivity index (χ4n) is 3.79. The van der Waals surface area contributed by atoms with E-state index in [9.17, 15) is 20.1 Å². The number of carboxylic acid groups (broad SMARTS) is 1. The van der Waals surface area contributed by atoms with Gasteiger partial charge in [0.05, 0.1) is 12.0 Å². The SMILES string of the molecule is CC(C(=O)O)C1CC2(C)C(=CCCC2C)C(O)C1O. The average molecular weight is 268 g/mol. The van der Waals surface area contributed by atoms with Gasteiger partial charge in [-0.25, -0.2) is 0 Å². The molecule has 6 atom stereocenters. The predicted molar refractivity (Wildman–Crippen MR) is 71.5 cm³/mol. The first kappa shape index (κ1) is 14.5. The zero-order valence-electron chi connectivity index (χ0n) is 11.8. The van der Waals surface area contributed by atoms with Crippen LogP contribution in [0.3, 0.4) is 0 Å². The highest BCUT2D eigenvalue weighted by Gasteiger charge is 2.51. The molecule has 0 amide bonds. The lowest BCUT2D eigenvalue weighted by Gasteiger charge is -2.51. The molecule has 0 aromatic rings. The third kappa shape index (κ3) is 2.21. The molecule has 4 heteroatoms. The zero-order chi connectivity index (χ0) is 14.4. The second-order valence-electron chi connectivity index (χ2n) is 6.49. The molecule has 0 radical (unpaired) electrons. The minimum Gasteiger partial charge on any atom is -0.481 e. The summed E-state index contributed by atoms with van der Waals surface area (Å²) >= 11 is 0. The van der Waals surface area contributed by atoms with Crippen molar-refractivity contribution in [1.82, 2.24) is 0 Å². The van der Waals surface area contributed by atoms with E-state index in [1.807, 2.05) is 6.08 Å². The molecule has 4 nitrogen and oxygen atoms in total. The molecule has 2 aliphatic rings. The summed E-state index contributed by atoms with van der Waals surface area (Å²) in [5.74, 6) is -1.54. The fourth-order valence-corrected chi connectivity index (χ4v) is 3.79. The van der Waals surface area contributed by atoms with Gasteiger partial charge in [0, 0.05) is 5.92 Å². The fraction of sp³-hybridized carbons (Fsp3) is 0.800. The van der Waals surface area contributed by atoms with Crippen molar-refractivity contribution in [2.24, 2.45) is 23.2 Å². The van der Waals surface area contributed by atoms with Gasteiger partial charge in [0.2, 0.25) is 0 Å². The lowest BCUT2D eigenvalue weighted by molar-refractivity contribution is -0.149. The Morgan fingerprint density at radius 1 is 1.47 bits per heavy atom. The van der Waals surface area contributed by atoms with Gasteiger partial charge in [0.25, 0.3) is 0 Å². The van der Waals surface area contributed by atoms with Crippen LogP contribution in [0.15, 0.2) is 11.6 Å². The smallest absolute Gasteiger partial charge is 0.306 e. The minimum atomic E-state index is -0.976. The van der Waals surface area contributed by atoms with E-state index in [2.05, 4.69) is 13.8 Å². The van der Waals surface area contributed by atoms with E-state index in [-0.39, 0.29) is 5.41 Å². The molecule has 108 valence electrons. The van der Waals surface area contributed by atoms with E-state index < -0.39 is 30.0 Å². The topological polar surface area (TPSA) is 77.8 Å². The Hall–Kier alpha value is -0.870. The Balaban J connectivity index is 2.36. The normalized spacial score (nSPS) is 44.2. The van der Waals surface area contributed by atoms with Crippen LogP contribution in [0.2, 0.25) is 0 Å². The molecule has 0 aromatic carbocycles. The average Bonchev–Trinajstić information content (AvgIpc) is 2.35. The molecule has 19 heavy (non-hydrogen) atoms. The summed E-state index contributed by atoms with van der Waals surface area (Å²) < 4.78 is 0. The molecule has 1 saturated carbocycles. The summed E-state index contributed by atoms with van der Waals surface area (Å²) in [6.45, 7) is 5.87. The van der Waals surface area contributed by atoms with E-state index in [0.717, 1.165) is 18.4 Å². The van der Waals surface area contributed by atoms with Crippen LogP contribution in [-0.4, -0.2) is 33.5 Å². The van der Waals surface area contributed by atoms with Crippen molar-refractivity contribution in [2.45, 2.75) is 52.2 Å². The van der Waals surface area contributed by atoms with Gasteiger partial charge in [-0.2, -0.15) is 0 Å². The molecule has 0 spiro atoms. The van der Waals surface area contributed by atoms with Gasteiger partial charge >= 0.3 is 5.97 Å². The lowest BCUT2D eigenvalue weighted by atomic mass is 9.55. The molecular weight excluding hydrogens is 244 g/mol. The van der Waals surface area contributed by atoms with E-state index in [0.29, 0.717) is 12.3 Å². The Labute approximate surface area is 114 Å². The molecule has 0 bridgehead atoms. The summed E-state index contributed by atoms with van der Waals surface area (Å²) in [7, 11) is 0. The van der Waals surface area contributed by atoms with Crippen LogP contribution in [-0.2, 0) is 4.79 Å².